The number of benzene rings is 4. The third-order valence-corrected chi connectivity index (χ3v) is 11.9. The Morgan fingerprint density at radius 2 is 0.889 bits per heavy atom. The molecule has 0 aliphatic heterocycles. The van der Waals surface area contributed by atoms with Crippen molar-refractivity contribution in [2.45, 2.75) is 32.2 Å². The molecule has 0 bridgehead atoms. The van der Waals surface area contributed by atoms with Gasteiger partial charge in [-0.1, -0.05) is 30.3 Å². The summed E-state index contributed by atoms with van der Waals surface area (Å²) in [4.78, 5) is 54.4. The normalized spacial score (nSPS) is 13.6. The molecule has 0 spiro atoms. The Balaban J connectivity index is 0.000000169. The van der Waals surface area contributed by atoms with Crippen LogP contribution >= 0.6 is 0 Å². The topological polar surface area (TPSA) is 153 Å². The second kappa shape index (κ2) is 25.6. The quantitative estimate of drug-likeness (QED) is 0.0789. The maximum atomic E-state index is 12.8. The number of pyridine rings is 3. The third kappa shape index (κ3) is 12.9. The van der Waals surface area contributed by atoms with Crippen LogP contribution < -0.4 is 50.0 Å². The van der Waals surface area contributed by atoms with E-state index in [4.69, 9.17) is 28.4 Å². The Kier molecular flexibility index (Phi) is 18.9. The second-order valence-electron chi connectivity index (χ2n) is 16.3. The summed E-state index contributed by atoms with van der Waals surface area (Å²) in [5.74, 6) is 4.07. The van der Waals surface area contributed by atoms with Crippen molar-refractivity contribution in [1.29, 1.82) is 0 Å². The van der Waals surface area contributed by atoms with Gasteiger partial charge < -0.3 is 45.4 Å². The average Bonchev–Trinajstić information content (AvgIpc) is 4.05. The molecule has 0 N–H and O–H groups in total. The van der Waals surface area contributed by atoms with E-state index in [1.807, 2.05) is 85.2 Å². The fraction of sp³-hybridized carbons (Fsp3) is 0.190. The minimum atomic E-state index is 0. The molecule has 13 nitrogen and oxygen atoms in total. The Labute approximate surface area is 429 Å². The molecule has 72 heavy (non-hydrogen) atoms. The summed E-state index contributed by atoms with van der Waals surface area (Å²) in [6.07, 6.45) is 18.0. The molecule has 0 radical (unpaired) electrons. The SMILES string of the molecule is COc1cc2c(cc1OC)C(=O)/C(=C/c1cc[n+](Cc3ccccc3)cc1)C2.COc1cc2c(cc1OC)C(=O)/C(=C/c1ccncc1)C2.COc1cc2c(cc1OC)C(=O)CC2.O=Cc1ccncc1.[Br-]. The minimum absolute atomic E-state index is 0. The van der Waals surface area contributed by atoms with Gasteiger partial charge in [0.25, 0.3) is 0 Å². The number of Topliss-reactive ketones (excluding diaryl/α,β-unsaturated/α-hetero) is 3. The second-order valence-corrected chi connectivity index (χ2v) is 16.3. The highest BCUT2D eigenvalue weighted by atomic mass is 79.9. The molecule has 10 rings (SSSR count). The van der Waals surface area contributed by atoms with E-state index in [-0.39, 0.29) is 34.3 Å². The molecule has 0 atom stereocenters. The largest absolute Gasteiger partial charge is 1.00 e. The van der Waals surface area contributed by atoms with Gasteiger partial charge in [0.15, 0.2) is 70.8 Å². The van der Waals surface area contributed by atoms with Crippen molar-refractivity contribution < 1.29 is 69.1 Å². The Bertz CT molecular complexity index is 3090. The van der Waals surface area contributed by atoms with Crippen molar-refractivity contribution in [3.05, 3.63) is 207 Å². The van der Waals surface area contributed by atoms with Crippen LogP contribution in [0.4, 0.5) is 0 Å². The minimum Gasteiger partial charge on any atom is -1.00 e. The number of carbonyl (C=O) groups excluding carboxylic acids is 4. The van der Waals surface area contributed by atoms with Crippen LogP contribution in [0.2, 0.25) is 0 Å². The zero-order valence-corrected chi connectivity index (χ0v) is 42.4. The molecular weight excluding hydrogens is 979 g/mol. The van der Waals surface area contributed by atoms with Gasteiger partial charge in [0.2, 0.25) is 0 Å². The maximum absolute atomic E-state index is 12.8. The van der Waals surface area contributed by atoms with E-state index >= 15 is 0 Å². The first kappa shape index (κ1) is 53.1. The fourth-order valence-electron chi connectivity index (χ4n) is 8.25. The number of aromatic nitrogens is 3. The van der Waals surface area contributed by atoms with Crippen molar-refractivity contribution in [1.82, 2.24) is 9.97 Å². The molecule has 368 valence electrons. The molecule has 3 aromatic heterocycles. The number of ketones is 3. The zero-order chi connectivity index (χ0) is 50.3. The number of ether oxygens (including phenoxy) is 6. The molecule has 0 fully saturated rings. The third-order valence-electron chi connectivity index (χ3n) is 11.9. The summed E-state index contributed by atoms with van der Waals surface area (Å²) >= 11 is 0. The molecule has 0 saturated heterocycles. The van der Waals surface area contributed by atoms with Crippen LogP contribution in [0, 0.1) is 0 Å². The number of aryl methyl sites for hydroxylation is 1. The van der Waals surface area contributed by atoms with Gasteiger partial charge in [-0.05, 0) is 107 Å². The Morgan fingerprint density at radius 1 is 0.486 bits per heavy atom. The van der Waals surface area contributed by atoms with Crippen molar-refractivity contribution in [2.75, 3.05) is 42.7 Å². The predicted molar refractivity (Wildman–Crippen MR) is 269 cm³/mol. The van der Waals surface area contributed by atoms with E-state index in [9.17, 15) is 19.2 Å². The van der Waals surface area contributed by atoms with Gasteiger partial charge in [-0.2, -0.15) is 0 Å². The predicted octanol–water partition coefficient (Wildman–Crippen LogP) is 6.51. The molecule has 7 aromatic rings. The number of methoxy groups -OCH3 is 6. The molecule has 14 heteroatoms. The van der Waals surface area contributed by atoms with Gasteiger partial charge in [-0.15, -0.1) is 0 Å². The van der Waals surface area contributed by atoms with Gasteiger partial charge in [0.05, 0.1) is 42.7 Å². The Hall–Kier alpha value is -8.23. The maximum Gasteiger partial charge on any atom is 0.189 e. The van der Waals surface area contributed by atoms with Gasteiger partial charge in [-0.25, -0.2) is 4.57 Å². The van der Waals surface area contributed by atoms with Crippen LogP contribution in [-0.4, -0.2) is 76.3 Å². The monoisotopic (exact) mass is 1030 g/mol. The van der Waals surface area contributed by atoms with E-state index in [0.717, 1.165) is 63.8 Å². The molecular formula is C58H54BrN3O10. The summed E-state index contributed by atoms with van der Waals surface area (Å²) in [6, 6.07) is 32.4. The van der Waals surface area contributed by atoms with Crippen LogP contribution in [0.1, 0.15) is 81.2 Å². The summed E-state index contributed by atoms with van der Waals surface area (Å²) in [7, 11) is 9.51. The highest BCUT2D eigenvalue weighted by molar-refractivity contribution is 6.16. The summed E-state index contributed by atoms with van der Waals surface area (Å²) in [5, 5.41) is 0. The summed E-state index contributed by atoms with van der Waals surface area (Å²) in [6.45, 7) is 0.821. The number of hydrogen-bond donors (Lipinski definition) is 0. The van der Waals surface area contributed by atoms with Crippen LogP contribution in [0.15, 0.2) is 151 Å². The van der Waals surface area contributed by atoms with Gasteiger partial charge in [-0.3, -0.25) is 29.1 Å². The number of carbonyl (C=O) groups is 4. The lowest BCUT2D eigenvalue weighted by Gasteiger charge is -2.09. The number of allylic oxidation sites excluding steroid dienone is 2. The summed E-state index contributed by atoms with van der Waals surface area (Å²) < 4.78 is 33.6. The average molecular weight is 1030 g/mol. The van der Waals surface area contributed by atoms with Crippen molar-refractivity contribution in [2.24, 2.45) is 0 Å². The number of rotatable bonds is 11. The van der Waals surface area contributed by atoms with E-state index in [0.29, 0.717) is 70.4 Å². The van der Waals surface area contributed by atoms with Crippen molar-refractivity contribution in [3.63, 3.8) is 0 Å². The van der Waals surface area contributed by atoms with Crippen molar-refractivity contribution in [3.8, 4) is 34.5 Å². The van der Waals surface area contributed by atoms with E-state index in [1.165, 1.54) is 5.56 Å². The molecule has 0 saturated carbocycles. The Morgan fingerprint density at radius 3 is 1.32 bits per heavy atom. The molecule has 3 aliphatic carbocycles. The number of aldehydes is 1. The van der Waals surface area contributed by atoms with Crippen LogP contribution in [0.5, 0.6) is 34.5 Å². The lowest BCUT2D eigenvalue weighted by molar-refractivity contribution is -0.688. The molecule has 4 aromatic carbocycles. The first-order valence-corrected chi connectivity index (χ1v) is 22.7. The lowest BCUT2D eigenvalue weighted by atomic mass is 10.1. The van der Waals surface area contributed by atoms with Gasteiger partial charge in [0, 0.05) is 95.1 Å². The lowest BCUT2D eigenvalue weighted by Crippen LogP contribution is -3.00. The standard InChI is InChI=1S/C24H22NO3.C17H15NO3.C11H12O3.C6H5NO.BrH/c1-27-22-14-19-13-20(24(26)21(19)15-23(22)28-2)12-17-8-10-25(11-9-17)16-18-6-4-3-5-7-18;1-20-15-9-12-8-13(7-11-3-5-18-6-4-11)17(19)14(12)10-16(15)21-2;1-13-10-5-7-3-4-9(12)8(7)6-11(10)14-2;8-5-6-1-3-7-4-2-6;/h3-12,14-15H,13,16H2,1-2H3;3-7,9-10H,8H2,1-2H3;5-6H,3-4H2,1-2H3;1-5H;1H/q+1;;;;/p-1/b20-12+;13-7+;;;. The number of hydrogen-bond acceptors (Lipinski definition) is 12. The summed E-state index contributed by atoms with van der Waals surface area (Å²) in [5.41, 5.74) is 10.6. The first-order valence-electron chi connectivity index (χ1n) is 22.7. The van der Waals surface area contributed by atoms with Gasteiger partial charge in [0.1, 0.15) is 6.29 Å². The number of fused-ring (bicyclic) bond motifs is 3. The molecule has 0 amide bonds. The number of halogens is 1. The highest BCUT2D eigenvalue weighted by Crippen LogP contribution is 2.39. The molecule has 0 unspecified atom stereocenters. The van der Waals surface area contributed by atoms with E-state index in [2.05, 4.69) is 26.7 Å². The number of nitrogens with zero attached hydrogens (tertiary/aromatic N) is 3. The first-order chi connectivity index (χ1) is 34.6. The van der Waals surface area contributed by atoms with Gasteiger partial charge >= 0.3 is 0 Å². The van der Waals surface area contributed by atoms with E-state index < -0.39 is 0 Å². The van der Waals surface area contributed by atoms with E-state index in [1.54, 1.807) is 97.8 Å². The fourth-order valence-corrected chi connectivity index (χ4v) is 8.25. The smallest absolute Gasteiger partial charge is 0.189 e. The molecule has 3 heterocycles. The zero-order valence-electron chi connectivity index (χ0n) is 40.8. The molecule has 3 aliphatic rings. The highest BCUT2D eigenvalue weighted by Gasteiger charge is 2.29. The van der Waals surface area contributed by atoms with Crippen LogP contribution in [-0.2, 0) is 25.8 Å². The van der Waals surface area contributed by atoms with Crippen LogP contribution in [0.25, 0.3) is 12.2 Å². The van der Waals surface area contributed by atoms with Crippen molar-refractivity contribution >= 4 is 35.8 Å². The van der Waals surface area contributed by atoms with Crippen LogP contribution in [0.3, 0.4) is 0 Å².